The molecule has 1 aromatic carbocycles. The molecule has 0 heterocycles. The van der Waals surface area contributed by atoms with Gasteiger partial charge in [0.2, 0.25) is 0 Å². The Bertz CT molecular complexity index is 258. The average Bonchev–Trinajstić information content (AvgIpc) is 2.14. The first-order valence-corrected chi connectivity index (χ1v) is 4.40. The van der Waals surface area contributed by atoms with Crippen LogP contribution in [0.5, 0.6) is 0 Å². The summed E-state index contributed by atoms with van der Waals surface area (Å²) in [4.78, 5) is 6.40. The van der Waals surface area contributed by atoms with Gasteiger partial charge in [-0.05, 0) is 14.1 Å². The van der Waals surface area contributed by atoms with E-state index < -0.39 is 0 Å². The smallest absolute Gasteiger partial charge is 0.0409 e. The maximum atomic E-state index is 4.28. The van der Waals surface area contributed by atoms with Crippen LogP contribution in [-0.2, 0) is 21.1 Å². The van der Waals surface area contributed by atoms with Crippen LogP contribution in [0.3, 0.4) is 0 Å². The van der Waals surface area contributed by atoms with Crippen molar-refractivity contribution < 1.29 is 21.1 Å². The first-order chi connectivity index (χ1) is 6.29. The second-order valence-corrected chi connectivity index (χ2v) is 3.16. The largest absolute Gasteiger partial charge is 0.358 e. The van der Waals surface area contributed by atoms with Gasteiger partial charge < -0.3 is 24.7 Å². The number of hydrogen-bond donors (Lipinski definition) is 0. The molecule has 0 fully saturated rings. The van der Waals surface area contributed by atoms with Crippen LogP contribution in [0, 0.1) is 20.9 Å². The van der Waals surface area contributed by atoms with E-state index in [1.165, 1.54) is 0 Å². The van der Waals surface area contributed by atoms with E-state index in [1.807, 2.05) is 44.6 Å². The molecule has 3 heteroatoms. The van der Waals surface area contributed by atoms with E-state index in [-0.39, 0.29) is 35.9 Å². The van der Waals surface area contributed by atoms with E-state index in [2.05, 4.69) is 16.0 Å². The first-order valence-electron chi connectivity index (χ1n) is 4.40. The second kappa shape index (κ2) is 12.6. The molecule has 0 radical (unpaired) electrons. The Balaban J connectivity index is -0.000000563. The van der Waals surface area contributed by atoms with Crippen LogP contribution in [0.25, 0.3) is 0 Å². The van der Waals surface area contributed by atoms with Crippen molar-refractivity contribution in [3.8, 4) is 0 Å². The zero-order valence-electron chi connectivity index (χ0n) is 10.5. The summed E-state index contributed by atoms with van der Waals surface area (Å²) in [5.74, 6) is 0. The molecular formula is C13H21N2Pt-3. The molecule has 96 valence electrons. The van der Waals surface area contributed by atoms with Gasteiger partial charge >= 0.3 is 0 Å². The monoisotopic (exact) mass is 400 g/mol. The number of rotatable bonds is 4. The van der Waals surface area contributed by atoms with Crippen molar-refractivity contribution in [3.05, 3.63) is 50.7 Å². The van der Waals surface area contributed by atoms with Gasteiger partial charge in [0.25, 0.3) is 0 Å². The van der Waals surface area contributed by atoms with E-state index >= 15 is 0 Å². The molecule has 0 unspecified atom stereocenters. The normalized spacial score (nSPS) is 9.19. The standard InChI is InChI=1S/C11H15N2.2CH3.Pt/c1-13(2)9-8-12-10-11-6-4-3-5-7-11;;;/h3-6,10H,8-9H2,1-2H3;2*1H3;/q3*-1;. The fourth-order valence-corrected chi connectivity index (χ4v) is 0.908. The molecule has 0 bridgehead atoms. The number of benzene rings is 1. The van der Waals surface area contributed by atoms with Gasteiger partial charge in [-0.25, -0.2) is 0 Å². The fraction of sp³-hybridized carbons (Fsp3) is 0.308. The van der Waals surface area contributed by atoms with Crippen molar-refractivity contribution in [2.24, 2.45) is 4.99 Å². The van der Waals surface area contributed by atoms with Crippen LogP contribution in [-0.4, -0.2) is 38.3 Å². The molecule has 0 amide bonds. The topological polar surface area (TPSA) is 15.6 Å². The molecule has 2 nitrogen and oxygen atoms in total. The van der Waals surface area contributed by atoms with Crippen molar-refractivity contribution in [2.45, 2.75) is 0 Å². The summed E-state index contributed by atoms with van der Waals surface area (Å²) < 4.78 is 0. The number of aliphatic imine (C=N–C) groups is 1. The zero-order valence-corrected chi connectivity index (χ0v) is 12.8. The number of likely N-dealkylation sites (N-methyl/N-ethyl adjacent to an activating group) is 1. The van der Waals surface area contributed by atoms with Gasteiger partial charge in [-0.2, -0.15) is 0 Å². The Morgan fingerprint density at radius 1 is 1.31 bits per heavy atom. The molecule has 0 spiro atoms. The van der Waals surface area contributed by atoms with E-state index in [4.69, 9.17) is 0 Å². The molecule has 0 aliphatic rings. The Morgan fingerprint density at radius 2 is 2.00 bits per heavy atom. The van der Waals surface area contributed by atoms with E-state index in [0.717, 1.165) is 18.7 Å². The fourth-order valence-electron chi connectivity index (χ4n) is 0.908. The summed E-state index contributed by atoms with van der Waals surface area (Å²) in [6.07, 6.45) is 1.86. The molecule has 0 saturated carbocycles. The Hall–Kier alpha value is -0.462. The first kappa shape index (κ1) is 20.9. The second-order valence-electron chi connectivity index (χ2n) is 3.16. The van der Waals surface area contributed by atoms with Gasteiger partial charge in [-0.1, -0.05) is 6.21 Å². The number of hydrogen-bond acceptors (Lipinski definition) is 2. The predicted octanol–water partition coefficient (Wildman–Crippen LogP) is 2.37. The molecule has 16 heavy (non-hydrogen) atoms. The van der Waals surface area contributed by atoms with Crippen LogP contribution in [0.2, 0.25) is 0 Å². The zero-order chi connectivity index (χ0) is 9.52. The third-order valence-electron chi connectivity index (χ3n) is 1.64. The molecule has 0 aliphatic carbocycles. The van der Waals surface area contributed by atoms with Gasteiger partial charge in [0, 0.05) is 34.2 Å². The molecule has 0 aliphatic heterocycles. The Morgan fingerprint density at radius 3 is 2.50 bits per heavy atom. The summed E-state index contributed by atoms with van der Waals surface area (Å²) in [6.45, 7) is 1.83. The molecule has 0 N–H and O–H groups in total. The maximum absolute atomic E-state index is 4.28. The Labute approximate surface area is 115 Å². The van der Waals surface area contributed by atoms with Gasteiger partial charge in [0.15, 0.2) is 0 Å². The average molecular weight is 400 g/mol. The van der Waals surface area contributed by atoms with E-state index in [0.29, 0.717) is 0 Å². The van der Waals surface area contributed by atoms with Gasteiger partial charge in [0.05, 0.1) is 0 Å². The molecule has 0 aromatic heterocycles. The minimum absolute atomic E-state index is 0. The molecule has 0 saturated heterocycles. The number of nitrogens with zero attached hydrogens (tertiary/aromatic N) is 2. The molecular weight excluding hydrogens is 379 g/mol. The van der Waals surface area contributed by atoms with Crippen molar-refractivity contribution >= 4 is 6.21 Å². The molecule has 1 rings (SSSR count). The summed E-state index contributed by atoms with van der Waals surface area (Å²) in [7, 11) is 4.09. The Kier molecular flexibility index (Phi) is 16.5. The van der Waals surface area contributed by atoms with Crippen molar-refractivity contribution in [1.29, 1.82) is 0 Å². The predicted molar refractivity (Wildman–Crippen MR) is 69.1 cm³/mol. The van der Waals surface area contributed by atoms with Crippen molar-refractivity contribution in [1.82, 2.24) is 4.90 Å². The maximum Gasteiger partial charge on any atom is 0.0409 e. The van der Waals surface area contributed by atoms with Gasteiger partial charge in [-0.15, -0.1) is 35.9 Å². The van der Waals surface area contributed by atoms with Gasteiger partial charge in [0.1, 0.15) is 0 Å². The third-order valence-corrected chi connectivity index (χ3v) is 1.64. The quantitative estimate of drug-likeness (QED) is 0.560. The van der Waals surface area contributed by atoms with Crippen LogP contribution in [0.1, 0.15) is 5.56 Å². The molecule has 0 atom stereocenters. The minimum atomic E-state index is 0. The van der Waals surface area contributed by atoms with Crippen LogP contribution < -0.4 is 0 Å². The van der Waals surface area contributed by atoms with E-state index in [1.54, 1.807) is 0 Å². The van der Waals surface area contributed by atoms with Crippen molar-refractivity contribution in [3.63, 3.8) is 0 Å². The van der Waals surface area contributed by atoms with E-state index in [9.17, 15) is 0 Å². The SMILES string of the molecule is CN(C)CCN=Cc1[c-]cccc1.[CH3-].[CH3-].[Pt]. The van der Waals surface area contributed by atoms with Crippen LogP contribution >= 0.6 is 0 Å². The summed E-state index contributed by atoms with van der Waals surface area (Å²) in [5, 5.41) is 0. The summed E-state index contributed by atoms with van der Waals surface area (Å²) in [5.41, 5.74) is 1.04. The van der Waals surface area contributed by atoms with Gasteiger partial charge in [-0.3, -0.25) is 0 Å². The summed E-state index contributed by atoms with van der Waals surface area (Å²) in [6, 6.07) is 10.9. The third kappa shape index (κ3) is 10.1. The van der Waals surface area contributed by atoms with Crippen LogP contribution in [0.4, 0.5) is 0 Å². The molecule has 1 aromatic rings. The van der Waals surface area contributed by atoms with Crippen molar-refractivity contribution in [2.75, 3.05) is 27.2 Å². The summed E-state index contributed by atoms with van der Waals surface area (Å²) >= 11 is 0. The minimum Gasteiger partial charge on any atom is -0.358 e. The van der Waals surface area contributed by atoms with Crippen LogP contribution in [0.15, 0.2) is 29.3 Å².